The van der Waals surface area contributed by atoms with Crippen molar-refractivity contribution in [3.63, 3.8) is 0 Å². The van der Waals surface area contributed by atoms with Crippen LogP contribution in [-0.2, 0) is 52.7 Å². The minimum atomic E-state index is -1.43. The summed E-state index contributed by atoms with van der Waals surface area (Å²) >= 11 is 0. The van der Waals surface area contributed by atoms with Crippen LogP contribution in [0.4, 0.5) is 0 Å². The average molecular weight is 868 g/mol. The molecule has 0 aromatic heterocycles. The van der Waals surface area contributed by atoms with Crippen LogP contribution in [0, 0.1) is 17.2 Å². The van der Waals surface area contributed by atoms with Crippen molar-refractivity contribution < 1.29 is 52.7 Å². The van der Waals surface area contributed by atoms with Crippen LogP contribution in [0.3, 0.4) is 0 Å². The van der Waals surface area contributed by atoms with Crippen LogP contribution in [0.25, 0.3) is 0 Å². The standard InChI is InChI=1S/C37H65N13O11/c1-18(2)15-26(35(60)45-20(5)21(6)51)49-33(58)25(11-13-28(39)54)48-32(57)23(9-8-14-42-37(40)41)46-30(56)17-44-36(61)31(19(3)4)50-34(59)24(10-12-27(38)53)47-29(55)16-43-22(7)52/h18-20,23-26,31H,8-17H2,1-7H3,(H2,38,53)(H2,39,54)(H,43,52)(H,44,61)(H,45,60)(H,46,56)(H,47,55)(H,48,57)(H,49,58)(H,50,59)(H4,40,41,42)/t20-,23-,24-,25-,26-,31-/m0/s1. The summed E-state index contributed by atoms with van der Waals surface area (Å²) in [5.41, 5.74) is 15.9. The zero-order valence-electron chi connectivity index (χ0n) is 35.9. The predicted molar refractivity (Wildman–Crippen MR) is 220 cm³/mol. The van der Waals surface area contributed by atoms with Gasteiger partial charge >= 0.3 is 0 Å². The van der Waals surface area contributed by atoms with Crippen molar-refractivity contribution in [3.05, 3.63) is 0 Å². The Morgan fingerprint density at radius 1 is 0.525 bits per heavy atom. The molecule has 0 saturated carbocycles. The number of hydrogen-bond donors (Lipinski definition) is 13. The monoisotopic (exact) mass is 867 g/mol. The van der Waals surface area contributed by atoms with Crippen molar-refractivity contribution in [1.82, 2.24) is 47.9 Å². The Bertz CT molecular complexity index is 1610. The van der Waals surface area contributed by atoms with Crippen molar-refractivity contribution in [2.75, 3.05) is 19.6 Å². The van der Waals surface area contributed by atoms with Gasteiger partial charge in [0.2, 0.25) is 59.1 Å². The molecule has 10 amide bonds. The third-order valence-corrected chi connectivity index (χ3v) is 8.76. The number of carbonyl (C=O) groups excluding carboxylic acids is 11. The van der Waals surface area contributed by atoms with E-state index in [4.69, 9.17) is 22.6 Å². The minimum Gasteiger partial charge on any atom is -0.370 e. The summed E-state index contributed by atoms with van der Waals surface area (Å²) in [6.45, 7) is 9.65. The Labute approximate surface area is 354 Å². The first kappa shape index (κ1) is 54.6. The summed E-state index contributed by atoms with van der Waals surface area (Å²) in [5, 5.41) is 29.5. The molecule has 0 rings (SSSR count). The summed E-state index contributed by atoms with van der Waals surface area (Å²) in [5.74, 6) is -9.12. The summed E-state index contributed by atoms with van der Waals surface area (Å²) in [6.07, 6.45) is -0.943. The molecule has 0 aromatic rings. The molecule has 0 aliphatic carbocycles. The molecule has 0 aromatic carbocycles. The number of hydrogen-bond acceptors (Lipinski definition) is 12. The third-order valence-electron chi connectivity index (χ3n) is 8.76. The predicted octanol–water partition coefficient (Wildman–Crippen LogP) is -4.75. The van der Waals surface area contributed by atoms with Gasteiger partial charge in [-0.3, -0.25) is 58.1 Å². The van der Waals surface area contributed by atoms with E-state index in [1.165, 1.54) is 20.8 Å². The molecule has 0 saturated heterocycles. The topological polar surface area (TPSA) is 398 Å². The van der Waals surface area contributed by atoms with Crippen LogP contribution in [0.15, 0.2) is 0 Å². The zero-order chi connectivity index (χ0) is 47.0. The number of Topliss-reactive ketones (excluding diaryl/α,β-unsaturated/α-hetero) is 1. The molecule has 24 heteroatoms. The van der Waals surface area contributed by atoms with Gasteiger partial charge in [0.15, 0.2) is 11.7 Å². The van der Waals surface area contributed by atoms with E-state index in [9.17, 15) is 52.7 Å². The first-order chi connectivity index (χ1) is 28.3. The maximum atomic E-state index is 13.7. The summed E-state index contributed by atoms with van der Waals surface area (Å²) in [6, 6.07) is -7.36. The molecule has 0 heterocycles. The fraction of sp³-hybridized carbons (Fsp3) is 0.676. The summed E-state index contributed by atoms with van der Waals surface area (Å²) in [7, 11) is 0. The minimum absolute atomic E-state index is 0.0811. The Balaban J connectivity index is 6.14. The SMILES string of the molecule is CC(=O)NCC(=O)N[C@@H](CCC(N)=O)C(=O)N[C@H](C(=O)NCC(=O)N[C@@H](CCCNC(=N)N)C(=O)N[C@@H](CCC(N)=O)C(=O)N[C@@H](CC(C)C)C(=O)N[C@@H](C)C(C)=O)C(C)C. The van der Waals surface area contributed by atoms with Crippen LogP contribution in [-0.4, -0.2) is 127 Å². The second kappa shape index (κ2) is 28.2. The molecule has 0 spiro atoms. The molecule has 61 heavy (non-hydrogen) atoms. The van der Waals surface area contributed by atoms with Crippen LogP contribution in [0.1, 0.15) is 93.4 Å². The fourth-order valence-electron chi connectivity index (χ4n) is 5.33. The van der Waals surface area contributed by atoms with Gasteiger partial charge in [-0.15, -0.1) is 0 Å². The van der Waals surface area contributed by atoms with Gasteiger partial charge in [-0.2, -0.15) is 0 Å². The number of nitrogens with one attached hydrogen (secondary N) is 10. The maximum Gasteiger partial charge on any atom is 0.243 e. The fourth-order valence-corrected chi connectivity index (χ4v) is 5.33. The quantitative estimate of drug-likeness (QED) is 0.0191. The average Bonchev–Trinajstić information content (AvgIpc) is 3.15. The Morgan fingerprint density at radius 2 is 0.967 bits per heavy atom. The van der Waals surface area contributed by atoms with Gasteiger partial charge in [0, 0.05) is 26.3 Å². The van der Waals surface area contributed by atoms with Gasteiger partial charge in [0.25, 0.3) is 0 Å². The van der Waals surface area contributed by atoms with Crippen LogP contribution >= 0.6 is 0 Å². The number of amides is 10. The number of primary amides is 2. The molecule has 0 bridgehead atoms. The molecular formula is C37H65N13O11. The number of nitrogens with two attached hydrogens (primary N) is 3. The lowest BCUT2D eigenvalue weighted by atomic mass is 10.0. The molecule has 6 atom stereocenters. The molecule has 0 unspecified atom stereocenters. The molecule has 0 aliphatic rings. The van der Waals surface area contributed by atoms with E-state index in [0.717, 1.165) is 0 Å². The summed E-state index contributed by atoms with van der Waals surface area (Å²) in [4.78, 5) is 139. The van der Waals surface area contributed by atoms with Gasteiger partial charge in [-0.1, -0.05) is 27.7 Å². The number of guanidine groups is 1. The second-order valence-corrected chi connectivity index (χ2v) is 15.2. The molecule has 344 valence electrons. The molecular weight excluding hydrogens is 802 g/mol. The van der Waals surface area contributed by atoms with Gasteiger partial charge < -0.3 is 65.1 Å². The van der Waals surface area contributed by atoms with Crippen molar-refractivity contribution >= 4 is 70.8 Å². The van der Waals surface area contributed by atoms with Gasteiger partial charge in [-0.25, -0.2) is 0 Å². The first-order valence-electron chi connectivity index (χ1n) is 19.8. The highest BCUT2D eigenvalue weighted by Gasteiger charge is 2.32. The Morgan fingerprint density at radius 3 is 1.41 bits per heavy atom. The van der Waals surface area contributed by atoms with Crippen LogP contribution in [0.5, 0.6) is 0 Å². The van der Waals surface area contributed by atoms with Crippen molar-refractivity contribution in [1.29, 1.82) is 5.41 Å². The number of rotatable bonds is 29. The Kier molecular flexibility index (Phi) is 25.2. The maximum absolute atomic E-state index is 13.7. The van der Waals surface area contributed by atoms with E-state index >= 15 is 0 Å². The zero-order valence-corrected chi connectivity index (χ0v) is 35.9. The second-order valence-electron chi connectivity index (χ2n) is 15.2. The van der Waals surface area contributed by atoms with E-state index in [1.54, 1.807) is 27.7 Å². The molecule has 0 aliphatic heterocycles. The van der Waals surface area contributed by atoms with E-state index < -0.39 is 114 Å². The summed E-state index contributed by atoms with van der Waals surface area (Å²) < 4.78 is 0. The van der Waals surface area contributed by atoms with Gasteiger partial charge in [-0.05, 0) is 57.8 Å². The first-order valence-corrected chi connectivity index (χ1v) is 19.8. The largest absolute Gasteiger partial charge is 0.370 e. The van der Waals surface area contributed by atoms with Gasteiger partial charge in [0.1, 0.15) is 30.2 Å². The molecule has 0 fully saturated rings. The highest BCUT2D eigenvalue weighted by Crippen LogP contribution is 2.09. The van der Waals surface area contributed by atoms with Crippen molar-refractivity contribution in [2.24, 2.45) is 29.0 Å². The van der Waals surface area contributed by atoms with Gasteiger partial charge in [0.05, 0.1) is 19.1 Å². The van der Waals surface area contributed by atoms with Crippen molar-refractivity contribution in [2.45, 2.75) is 130 Å². The lowest BCUT2D eigenvalue weighted by molar-refractivity contribution is -0.135. The highest BCUT2D eigenvalue weighted by molar-refractivity contribution is 5.97. The van der Waals surface area contributed by atoms with Crippen molar-refractivity contribution in [3.8, 4) is 0 Å². The van der Waals surface area contributed by atoms with Crippen LogP contribution in [0.2, 0.25) is 0 Å². The highest BCUT2D eigenvalue weighted by atomic mass is 16.2. The lowest BCUT2D eigenvalue weighted by Crippen LogP contribution is -2.58. The van der Waals surface area contributed by atoms with E-state index in [0.29, 0.717) is 0 Å². The molecule has 24 nitrogen and oxygen atoms in total. The van der Waals surface area contributed by atoms with Crippen LogP contribution < -0.4 is 65.1 Å². The van der Waals surface area contributed by atoms with E-state index in [-0.39, 0.29) is 69.2 Å². The molecule has 0 radical (unpaired) electrons. The normalized spacial score (nSPS) is 13.7. The third kappa shape index (κ3) is 24.4. The Hall–Kier alpha value is -6.36. The smallest absolute Gasteiger partial charge is 0.243 e. The number of ketones is 1. The molecule has 16 N–H and O–H groups in total. The van der Waals surface area contributed by atoms with E-state index in [2.05, 4.69) is 47.9 Å². The van der Waals surface area contributed by atoms with E-state index in [1.807, 2.05) is 0 Å². The number of carbonyl (C=O) groups is 11. The lowest BCUT2D eigenvalue weighted by Gasteiger charge is -2.27.